The number of halogens is 3. The minimum atomic E-state index is -1.39. The molecule has 3 aromatic carbocycles. The Balaban J connectivity index is 2.12. The standard InChI is InChI=1S/C31H33ClF2N2O6/c1-30(2,3)36(29(38)41-6)16-31(17-10-8-7-9-11-17)19(15-39-4)24-22(42-31)14-20(33)26(32)25(24)23-18(28(35)37)12-13-21(40-5)27(23)34/h7-14,19H,15-16H2,1-6H3,(H2,35,37). The molecule has 1 aliphatic rings. The molecule has 0 saturated heterocycles. The number of methoxy groups -OCH3 is 3. The molecule has 42 heavy (non-hydrogen) atoms. The van der Waals surface area contributed by atoms with E-state index in [4.69, 9.17) is 36.3 Å². The molecule has 0 aliphatic carbocycles. The molecule has 3 aromatic rings. The normalized spacial score (nSPS) is 17.8. The van der Waals surface area contributed by atoms with Crippen LogP contribution in [0, 0.1) is 11.6 Å². The number of ether oxygens (including phenoxy) is 4. The lowest BCUT2D eigenvalue weighted by molar-refractivity contribution is -0.0205. The summed E-state index contributed by atoms with van der Waals surface area (Å²) in [6.45, 7) is 5.42. The first-order valence-electron chi connectivity index (χ1n) is 13.1. The maximum absolute atomic E-state index is 16.1. The Morgan fingerprint density at radius 3 is 2.29 bits per heavy atom. The molecular formula is C31H33ClF2N2O6. The zero-order chi connectivity index (χ0) is 31.0. The van der Waals surface area contributed by atoms with Crippen molar-refractivity contribution in [1.29, 1.82) is 0 Å². The highest BCUT2D eigenvalue weighted by molar-refractivity contribution is 6.34. The van der Waals surface area contributed by atoms with E-state index in [1.54, 1.807) is 12.1 Å². The summed E-state index contributed by atoms with van der Waals surface area (Å²) < 4.78 is 54.2. The Labute approximate surface area is 248 Å². The molecule has 0 bridgehead atoms. The highest BCUT2D eigenvalue weighted by Gasteiger charge is 2.54. The van der Waals surface area contributed by atoms with E-state index in [0.717, 1.165) is 6.07 Å². The van der Waals surface area contributed by atoms with Crippen LogP contribution in [0.2, 0.25) is 5.02 Å². The van der Waals surface area contributed by atoms with Crippen LogP contribution in [0.4, 0.5) is 13.6 Å². The van der Waals surface area contributed by atoms with E-state index in [2.05, 4.69) is 0 Å². The topological polar surface area (TPSA) is 100 Å². The highest BCUT2D eigenvalue weighted by Crippen LogP contribution is 2.57. The van der Waals surface area contributed by atoms with Gasteiger partial charge in [0.2, 0.25) is 5.91 Å². The molecule has 0 fully saturated rings. The second-order valence-corrected chi connectivity index (χ2v) is 11.3. The summed E-state index contributed by atoms with van der Waals surface area (Å²) in [6.07, 6.45) is -0.618. The van der Waals surface area contributed by atoms with Crippen molar-refractivity contribution in [3.8, 4) is 22.6 Å². The maximum Gasteiger partial charge on any atom is 0.410 e. The lowest BCUT2D eigenvalue weighted by atomic mass is 9.76. The monoisotopic (exact) mass is 602 g/mol. The van der Waals surface area contributed by atoms with Crippen molar-refractivity contribution in [3.05, 3.63) is 81.9 Å². The molecule has 1 aliphatic heterocycles. The minimum Gasteiger partial charge on any atom is -0.494 e. The summed E-state index contributed by atoms with van der Waals surface area (Å²) in [6, 6.07) is 12.7. The second-order valence-electron chi connectivity index (χ2n) is 10.9. The fourth-order valence-corrected chi connectivity index (χ4v) is 5.73. The molecule has 8 nitrogen and oxygen atoms in total. The van der Waals surface area contributed by atoms with Gasteiger partial charge in [0.25, 0.3) is 0 Å². The van der Waals surface area contributed by atoms with E-state index in [9.17, 15) is 9.59 Å². The molecule has 11 heteroatoms. The van der Waals surface area contributed by atoms with Crippen LogP contribution >= 0.6 is 11.6 Å². The van der Waals surface area contributed by atoms with Crippen LogP contribution in [-0.4, -0.2) is 56.9 Å². The quantitative estimate of drug-likeness (QED) is 0.326. The van der Waals surface area contributed by atoms with Crippen molar-refractivity contribution in [2.24, 2.45) is 5.73 Å². The molecule has 0 saturated carbocycles. The molecule has 224 valence electrons. The molecule has 2 atom stereocenters. The second kappa shape index (κ2) is 11.8. The van der Waals surface area contributed by atoms with Crippen molar-refractivity contribution < 1.29 is 37.3 Å². The van der Waals surface area contributed by atoms with Gasteiger partial charge in [0, 0.05) is 35.4 Å². The Kier molecular flexibility index (Phi) is 8.71. The van der Waals surface area contributed by atoms with Gasteiger partial charge in [-0.2, -0.15) is 0 Å². The number of hydrogen-bond acceptors (Lipinski definition) is 6. The smallest absolute Gasteiger partial charge is 0.410 e. The Bertz CT molecular complexity index is 1510. The van der Waals surface area contributed by atoms with Crippen LogP contribution in [0.15, 0.2) is 48.5 Å². The van der Waals surface area contributed by atoms with Gasteiger partial charge in [0.15, 0.2) is 17.2 Å². The summed E-state index contributed by atoms with van der Waals surface area (Å²) >= 11 is 6.60. The van der Waals surface area contributed by atoms with Crippen LogP contribution in [0.25, 0.3) is 11.1 Å². The lowest BCUT2D eigenvalue weighted by Gasteiger charge is -2.43. The summed E-state index contributed by atoms with van der Waals surface area (Å²) in [5.41, 5.74) is 3.72. The molecule has 2 N–H and O–H groups in total. The van der Waals surface area contributed by atoms with Crippen LogP contribution < -0.4 is 15.2 Å². The van der Waals surface area contributed by atoms with Crippen molar-refractivity contribution in [2.45, 2.75) is 37.8 Å². The van der Waals surface area contributed by atoms with Gasteiger partial charge in [-0.05, 0) is 38.5 Å². The van der Waals surface area contributed by atoms with Crippen molar-refractivity contribution >= 4 is 23.6 Å². The molecule has 2 amide bonds. The molecule has 0 aromatic heterocycles. The van der Waals surface area contributed by atoms with E-state index in [1.165, 1.54) is 38.4 Å². The predicted octanol–water partition coefficient (Wildman–Crippen LogP) is 6.28. The largest absolute Gasteiger partial charge is 0.494 e. The van der Waals surface area contributed by atoms with E-state index in [0.29, 0.717) is 5.56 Å². The Morgan fingerprint density at radius 1 is 1.07 bits per heavy atom. The average molecular weight is 603 g/mol. The van der Waals surface area contributed by atoms with Gasteiger partial charge in [-0.15, -0.1) is 0 Å². The SMILES string of the molecule is COCC1c2c(cc(F)c(Cl)c2-c2c(C(N)=O)ccc(OC)c2F)OC1(CN(C(=O)OC)C(C)(C)C)c1ccccc1. The van der Waals surface area contributed by atoms with E-state index in [1.807, 2.05) is 39.0 Å². The number of primary amides is 1. The summed E-state index contributed by atoms with van der Waals surface area (Å²) in [7, 11) is 4.01. The zero-order valence-electron chi connectivity index (χ0n) is 24.2. The molecule has 2 unspecified atom stereocenters. The third kappa shape index (κ3) is 5.25. The van der Waals surface area contributed by atoms with Crippen LogP contribution in [0.5, 0.6) is 11.5 Å². The number of nitrogens with zero attached hydrogens (tertiary/aromatic N) is 1. The zero-order valence-corrected chi connectivity index (χ0v) is 25.0. The van der Waals surface area contributed by atoms with Crippen LogP contribution in [0.3, 0.4) is 0 Å². The summed E-state index contributed by atoms with van der Waals surface area (Å²) in [4.78, 5) is 27.1. The summed E-state index contributed by atoms with van der Waals surface area (Å²) in [5.74, 6) is -3.79. The van der Waals surface area contributed by atoms with Crippen molar-refractivity contribution in [1.82, 2.24) is 4.90 Å². The number of rotatable bonds is 8. The molecule has 0 spiro atoms. The maximum atomic E-state index is 16.1. The van der Waals surface area contributed by atoms with Crippen LogP contribution in [0.1, 0.15) is 48.2 Å². The van der Waals surface area contributed by atoms with Crippen molar-refractivity contribution in [2.75, 3.05) is 34.5 Å². The number of carbonyl (C=O) groups is 2. The predicted molar refractivity (Wildman–Crippen MR) is 154 cm³/mol. The fourth-order valence-electron chi connectivity index (χ4n) is 5.48. The molecule has 0 radical (unpaired) electrons. The molecular weight excluding hydrogens is 570 g/mol. The van der Waals surface area contributed by atoms with Gasteiger partial charge in [-0.25, -0.2) is 13.6 Å². The first kappa shape index (κ1) is 31.1. The van der Waals surface area contributed by atoms with Gasteiger partial charge in [-0.3, -0.25) is 9.69 Å². The number of benzene rings is 3. The number of fused-ring (bicyclic) bond motifs is 1. The van der Waals surface area contributed by atoms with Gasteiger partial charge in [0.1, 0.15) is 11.6 Å². The number of amides is 2. The number of nitrogens with two attached hydrogens (primary N) is 1. The Hall–Kier alpha value is -3.89. The number of hydrogen-bond donors (Lipinski definition) is 1. The van der Waals surface area contributed by atoms with Crippen molar-refractivity contribution in [3.63, 3.8) is 0 Å². The Morgan fingerprint density at radius 2 is 1.74 bits per heavy atom. The van der Waals surface area contributed by atoms with E-state index < -0.39 is 45.7 Å². The minimum absolute atomic E-state index is 0.0203. The van der Waals surface area contributed by atoms with Gasteiger partial charge in [0.05, 0.1) is 43.9 Å². The van der Waals surface area contributed by atoms with E-state index in [-0.39, 0.29) is 46.9 Å². The first-order valence-corrected chi connectivity index (χ1v) is 13.5. The van der Waals surface area contributed by atoms with E-state index >= 15 is 8.78 Å². The fraction of sp³-hybridized carbons (Fsp3) is 0.355. The third-order valence-electron chi connectivity index (χ3n) is 7.46. The van der Waals surface area contributed by atoms with Gasteiger partial charge >= 0.3 is 6.09 Å². The molecule has 1 heterocycles. The molecule has 4 rings (SSSR count). The van der Waals surface area contributed by atoms with Gasteiger partial charge in [-0.1, -0.05) is 41.9 Å². The average Bonchev–Trinajstić information content (AvgIpc) is 3.25. The highest BCUT2D eigenvalue weighted by atomic mass is 35.5. The van der Waals surface area contributed by atoms with Crippen LogP contribution in [-0.2, 0) is 15.1 Å². The lowest BCUT2D eigenvalue weighted by Crippen LogP contribution is -2.55. The first-order chi connectivity index (χ1) is 19.8. The number of carbonyl (C=O) groups excluding carboxylic acids is 2. The third-order valence-corrected chi connectivity index (χ3v) is 7.83. The van der Waals surface area contributed by atoms with Gasteiger partial charge < -0.3 is 24.7 Å². The summed E-state index contributed by atoms with van der Waals surface area (Å²) in [5, 5.41) is -0.447.